The number of aryl methyl sites for hydroxylation is 1. The van der Waals surface area contributed by atoms with Gasteiger partial charge in [0.25, 0.3) is 0 Å². The van der Waals surface area contributed by atoms with Crippen molar-refractivity contribution >= 4 is 0 Å². The predicted octanol–water partition coefficient (Wildman–Crippen LogP) is 1.07. The molecule has 0 aliphatic heterocycles. The first-order chi connectivity index (χ1) is 6.25. The van der Waals surface area contributed by atoms with E-state index in [9.17, 15) is 4.79 Å². The number of hydrogen-bond acceptors (Lipinski definition) is 2. The van der Waals surface area contributed by atoms with Gasteiger partial charge in [-0.25, -0.2) is 4.79 Å². The Kier molecular flexibility index (Phi) is 1.73. The van der Waals surface area contributed by atoms with Crippen LogP contribution in [0.25, 0.3) is 11.3 Å². The quantitative estimate of drug-likeness (QED) is 0.681. The van der Waals surface area contributed by atoms with Gasteiger partial charge in [0.15, 0.2) is 0 Å². The van der Waals surface area contributed by atoms with Crippen LogP contribution in [0.15, 0.2) is 29.3 Å². The van der Waals surface area contributed by atoms with Gasteiger partial charge in [-0.1, -0.05) is 0 Å². The Hall–Kier alpha value is -1.84. The van der Waals surface area contributed by atoms with E-state index in [0.29, 0.717) is 0 Å². The molecule has 0 spiro atoms. The van der Waals surface area contributed by atoms with E-state index in [-0.39, 0.29) is 5.69 Å². The minimum atomic E-state index is -0.190. The van der Waals surface area contributed by atoms with Crippen LogP contribution in [0.4, 0.5) is 0 Å². The van der Waals surface area contributed by atoms with Crippen molar-refractivity contribution < 1.29 is 0 Å². The minimum Gasteiger partial charge on any atom is -0.312 e. The first-order valence-electron chi connectivity index (χ1n) is 3.96. The molecule has 4 heteroatoms. The van der Waals surface area contributed by atoms with Crippen LogP contribution in [-0.2, 0) is 0 Å². The Morgan fingerprint density at radius 3 is 2.92 bits per heavy atom. The van der Waals surface area contributed by atoms with Gasteiger partial charge in [-0.2, -0.15) is 0 Å². The fourth-order valence-corrected chi connectivity index (χ4v) is 1.20. The van der Waals surface area contributed by atoms with E-state index in [1.54, 1.807) is 12.4 Å². The van der Waals surface area contributed by atoms with Crippen LogP contribution in [0.2, 0.25) is 0 Å². The second-order valence-electron chi connectivity index (χ2n) is 2.84. The zero-order chi connectivity index (χ0) is 9.26. The molecule has 0 saturated carbocycles. The van der Waals surface area contributed by atoms with Gasteiger partial charge in [0, 0.05) is 23.7 Å². The summed E-state index contributed by atoms with van der Waals surface area (Å²) < 4.78 is 0. The zero-order valence-corrected chi connectivity index (χ0v) is 7.16. The van der Waals surface area contributed by atoms with Crippen molar-refractivity contribution in [3.63, 3.8) is 0 Å². The summed E-state index contributed by atoms with van der Waals surface area (Å²) in [6, 6.07) is 3.77. The first-order valence-corrected chi connectivity index (χ1v) is 3.96. The molecular weight excluding hydrogens is 166 g/mol. The fourth-order valence-electron chi connectivity index (χ4n) is 1.20. The van der Waals surface area contributed by atoms with Crippen molar-refractivity contribution in [3.8, 4) is 11.3 Å². The number of hydrogen-bond donors (Lipinski definition) is 2. The summed E-state index contributed by atoms with van der Waals surface area (Å²) >= 11 is 0. The molecule has 0 aromatic carbocycles. The Morgan fingerprint density at radius 2 is 2.31 bits per heavy atom. The monoisotopic (exact) mass is 175 g/mol. The first kappa shape index (κ1) is 7.79. The Bertz CT molecular complexity index is 469. The van der Waals surface area contributed by atoms with Gasteiger partial charge >= 0.3 is 5.69 Å². The number of aromatic amines is 2. The molecule has 2 heterocycles. The number of nitrogens with one attached hydrogen (secondary N) is 2. The summed E-state index contributed by atoms with van der Waals surface area (Å²) in [5, 5.41) is 0. The molecule has 0 aliphatic rings. The summed E-state index contributed by atoms with van der Waals surface area (Å²) in [6.45, 7) is 1.91. The number of imidazole rings is 1. The summed E-state index contributed by atoms with van der Waals surface area (Å²) in [5.74, 6) is 0. The molecule has 2 rings (SSSR count). The van der Waals surface area contributed by atoms with Gasteiger partial charge in [-0.15, -0.1) is 0 Å². The number of rotatable bonds is 1. The van der Waals surface area contributed by atoms with E-state index in [4.69, 9.17) is 0 Å². The van der Waals surface area contributed by atoms with Gasteiger partial charge < -0.3 is 9.97 Å². The van der Waals surface area contributed by atoms with Crippen LogP contribution in [0, 0.1) is 6.92 Å². The van der Waals surface area contributed by atoms with Crippen LogP contribution < -0.4 is 5.69 Å². The van der Waals surface area contributed by atoms with Gasteiger partial charge in [0.2, 0.25) is 0 Å². The molecule has 0 radical (unpaired) electrons. The predicted molar refractivity (Wildman–Crippen MR) is 49.4 cm³/mol. The lowest BCUT2D eigenvalue weighted by molar-refractivity contribution is 1.18. The van der Waals surface area contributed by atoms with Crippen LogP contribution in [0.1, 0.15) is 5.69 Å². The molecule has 2 N–H and O–H groups in total. The fraction of sp³-hybridized carbons (Fsp3) is 0.111. The molecule has 0 aliphatic carbocycles. The Balaban J connectivity index is 2.52. The molecule has 0 saturated heterocycles. The van der Waals surface area contributed by atoms with Crippen LogP contribution in [-0.4, -0.2) is 15.0 Å². The highest BCUT2D eigenvalue weighted by atomic mass is 16.1. The van der Waals surface area contributed by atoms with Crippen molar-refractivity contribution in [2.75, 3.05) is 0 Å². The molecule has 0 bridgehead atoms. The topological polar surface area (TPSA) is 61.5 Å². The smallest absolute Gasteiger partial charge is 0.312 e. The lowest BCUT2D eigenvalue weighted by atomic mass is 10.2. The maximum absolute atomic E-state index is 10.8. The standard InChI is InChI=1S/C9H9N3O/c1-6-4-7(2-3-10-6)8-5-11-9(13)12-8/h2-5H,1H3,(H2,11,12,13). The highest BCUT2D eigenvalue weighted by Crippen LogP contribution is 2.13. The van der Waals surface area contributed by atoms with Crippen LogP contribution in [0.5, 0.6) is 0 Å². The van der Waals surface area contributed by atoms with E-state index < -0.39 is 0 Å². The lowest BCUT2D eigenvalue weighted by Gasteiger charge is -1.96. The molecule has 0 fully saturated rings. The highest BCUT2D eigenvalue weighted by Gasteiger charge is 1.99. The van der Waals surface area contributed by atoms with Crippen LogP contribution in [0.3, 0.4) is 0 Å². The van der Waals surface area contributed by atoms with E-state index in [1.807, 2.05) is 19.1 Å². The molecule has 13 heavy (non-hydrogen) atoms. The van der Waals surface area contributed by atoms with E-state index in [2.05, 4.69) is 15.0 Å². The third kappa shape index (κ3) is 1.51. The average Bonchev–Trinajstić information content (AvgIpc) is 2.52. The van der Waals surface area contributed by atoms with Crippen molar-refractivity contribution in [2.45, 2.75) is 6.92 Å². The van der Waals surface area contributed by atoms with Crippen LogP contribution >= 0.6 is 0 Å². The molecule has 0 amide bonds. The van der Waals surface area contributed by atoms with E-state index in [1.165, 1.54) is 0 Å². The number of pyridine rings is 1. The number of nitrogens with zero attached hydrogens (tertiary/aromatic N) is 1. The third-order valence-electron chi connectivity index (χ3n) is 1.80. The van der Waals surface area contributed by atoms with Gasteiger partial charge in [-0.3, -0.25) is 4.98 Å². The van der Waals surface area contributed by atoms with Crippen molar-refractivity contribution in [3.05, 3.63) is 40.7 Å². The second-order valence-corrected chi connectivity index (χ2v) is 2.84. The molecule has 66 valence electrons. The summed E-state index contributed by atoms with van der Waals surface area (Å²) in [5.41, 5.74) is 2.49. The third-order valence-corrected chi connectivity index (χ3v) is 1.80. The van der Waals surface area contributed by atoms with Crippen molar-refractivity contribution in [2.24, 2.45) is 0 Å². The number of aromatic nitrogens is 3. The Labute approximate surface area is 74.7 Å². The molecule has 4 nitrogen and oxygen atoms in total. The molecular formula is C9H9N3O. The molecule has 2 aromatic heterocycles. The summed E-state index contributed by atoms with van der Waals surface area (Å²) in [4.78, 5) is 20.1. The van der Waals surface area contributed by atoms with E-state index in [0.717, 1.165) is 17.0 Å². The largest absolute Gasteiger partial charge is 0.323 e. The lowest BCUT2D eigenvalue weighted by Crippen LogP contribution is -1.99. The van der Waals surface area contributed by atoms with Crippen molar-refractivity contribution in [1.82, 2.24) is 15.0 Å². The van der Waals surface area contributed by atoms with E-state index >= 15 is 0 Å². The normalized spacial score (nSPS) is 10.2. The summed E-state index contributed by atoms with van der Waals surface area (Å²) in [6.07, 6.45) is 3.37. The highest BCUT2D eigenvalue weighted by molar-refractivity contribution is 5.57. The number of H-pyrrole nitrogens is 2. The SMILES string of the molecule is Cc1cc(-c2c[nH]c(=O)[nH]2)ccn1. The molecule has 0 unspecified atom stereocenters. The molecule has 2 aromatic rings. The average molecular weight is 175 g/mol. The Morgan fingerprint density at radius 1 is 1.46 bits per heavy atom. The minimum absolute atomic E-state index is 0.190. The molecule has 0 atom stereocenters. The maximum atomic E-state index is 10.8. The van der Waals surface area contributed by atoms with Gasteiger partial charge in [0.05, 0.1) is 5.69 Å². The van der Waals surface area contributed by atoms with Crippen molar-refractivity contribution in [1.29, 1.82) is 0 Å². The second kappa shape index (κ2) is 2.90. The van der Waals surface area contributed by atoms with Gasteiger partial charge in [0.1, 0.15) is 0 Å². The van der Waals surface area contributed by atoms with Gasteiger partial charge in [-0.05, 0) is 19.1 Å². The zero-order valence-electron chi connectivity index (χ0n) is 7.16. The summed E-state index contributed by atoms with van der Waals surface area (Å²) in [7, 11) is 0. The maximum Gasteiger partial charge on any atom is 0.323 e.